The minimum Gasteiger partial charge on any atom is -0.300 e. The van der Waals surface area contributed by atoms with E-state index in [9.17, 15) is 9.18 Å². The van der Waals surface area contributed by atoms with E-state index in [2.05, 4.69) is 0 Å². The molecule has 0 N–H and O–H groups in total. The van der Waals surface area contributed by atoms with Crippen molar-refractivity contribution in [1.82, 2.24) is 0 Å². The van der Waals surface area contributed by atoms with E-state index >= 15 is 0 Å². The molecule has 89 valence electrons. The Balaban J connectivity index is 0. The molecule has 1 aromatic carbocycles. The Labute approximate surface area is 136 Å². The molecule has 2 nitrogen and oxygen atoms in total. The maximum atomic E-state index is 10.6. The van der Waals surface area contributed by atoms with Crippen LogP contribution < -0.4 is 0 Å². The van der Waals surface area contributed by atoms with Gasteiger partial charge in [-0.05, 0) is 18.9 Å². The van der Waals surface area contributed by atoms with E-state index in [0.717, 1.165) is 13.3 Å². The van der Waals surface area contributed by atoms with Gasteiger partial charge in [0, 0.05) is 62.7 Å². The number of halogens is 1. The van der Waals surface area contributed by atoms with Gasteiger partial charge in [0.1, 0.15) is 5.78 Å². The molecule has 16 heavy (non-hydrogen) atoms. The maximum Gasteiger partial charge on any atom is 0.298 e. The summed E-state index contributed by atoms with van der Waals surface area (Å²) < 4.78 is 10.4. The molecule has 4 heteroatoms. The van der Waals surface area contributed by atoms with Gasteiger partial charge in [-0.25, -0.2) is 0 Å². The molecule has 0 unspecified atom stereocenters. The van der Waals surface area contributed by atoms with Crippen LogP contribution in [0, 0.1) is 49.4 Å². The van der Waals surface area contributed by atoms with Gasteiger partial charge in [0.15, 0.2) is 0 Å². The number of ketones is 1. The van der Waals surface area contributed by atoms with Crippen LogP contribution in [0.4, 0.5) is 4.39 Å². The molecule has 0 bridgehead atoms. The second-order valence-corrected chi connectivity index (χ2v) is 3.16. The number of aryl methyl sites for hydroxylation is 1. The fourth-order valence-electron chi connectivity index (χ4n) is 0.965. The van der Waals surface area contributed by atoms with Gasteiger partial charge in [-0.15, -0.1) is 0 Å². The van der Waals surface area contributed by atoms with Crippen molar-refractivity contribution in [1.29, 1.82) is 0 Å². The number of hydrogen-bond donors (Lipinski definition) is 0. The van der Waals surface area contributed by atoms with Crippen LogP contribution in [0.25, 0.3) is 0 Å². The number of benzene rings is 1. The van der Waals surface area contributed by atoms with Gasteiger partial charge in [0.25, 0.3) is 6.04 Å². The first-order valence-electron chi connectivity index (χ1n) is 4.72. The van der Waals surface area contributed by atoms with Crippen molar-refractivity contribution in [2.45, 2.75) is 26.7 Å². The molecular formula is C12H15EuFO2. The molecule has 0 heterocycles. The Morgan fingerprint density at radius 1 is 1.12 bits per heavy atom. The van der Waals surface area contributed by atoms with Gasteiger partial charge in [-0.3, -0.25) is 4.79 Å². The molecule has 0 aliphatic heterocycles. The molecule has 0 spiro atoms. The number of rotatable bonds is 3. The topological polar surface area (TPSA) is 34.1 Å². The largest absolute Gasteiger partial charge is 0.300 e. The Kier molecular flexibility index (Phi) is 13.3. The average Bonchev–Trinajstić information content (AvgIpc) is 2.15. The minimum absolute atomic E-state index is 0. The standard InChI is InChI=1S/C10H12O.C2H3FO.Eu/c1-9(11)7-8-10-5-3-2-4-6-10;1-2(3)4;/h2-6H,7-8H2,1H3;1H3;. The van der Waals surface area contributed by atoms with Crippen LogP contribution >= 0.6 is 0 Å². The summed E-state index contributed by atoms with van der Waals surface area (Å²) in [6, 6.07) is 8.73. The van der Waals surface area contributed by atoms with E-state index in [-0.39, 0.29) is 55.2 Å². The zero-order chi connectivity index (χ0) is 11.7. The first-order valence-corrected chi connectivity index (χ1v) is 4.72. The van der Waals surface area contributed by atoms with E-state index in [1.165, 1.54) is 5.56 Å². The number of Topliss-reactive ketones (excluding diaryl/α,β-unsaturated/α-hetero) is 1. The molecule has 0 aliphatic rings. The molecule has 0 saturated carbocycles. The van der Waals surface area contributed by atoms with Crippen LogP contribution in [0.5, 0.6) is 0 Å². The average molecular weight is 362 g/mol. The third kappa shape index (κ3) is 14.1. The molecular weight excluding hydrogens is 347 g/mol. The molecule has 1 aromatic rings. The summed E-state index contributed by atoms with van der Waals surface area (Å²) in [4.78, 5) is 19.4. The third-order valence-electron chi connectivity index (χ3n) is 1.61. The van der Waals surface area contributed by atoms with Crippen molar-refractivity contribution in [2.24, 2.45) is 0 Å². The molecule has 0 atom stereocenters. The van der Waals surface area contributed by atoms with Crippen LogP contribution in [0.15, 0.2) is 30.3 Å². The smallest absolute Gasteiger partial charge is 0.298 e. The van der Waals surface area contributed by atoms with Crippen molar-refractivity contribution in [3.8, 4) is 0 Å². The molecule has 0 saturated heterocycles. The first kappa shape index (κ1) is 18.4. The van der Waals surface area contributed by atoms with Crippen LogP contribution in [0.2, 0.25) is 0 Å². The number of hydrogen-bond acceptors (Lipinski definition) is 2. The number of carbonyl (C=O) groups is 2. The van der Waals surface area contributed by atoms with E-state index in [1.54, 1.807) is 6.92 Å². The van der Waals surface area contributed by atoms with Crippen molar-refractivity contribution < 1.29 is 63.4 Å². The van der Waals surface area contributed by atoms with E-state index in [0.29, 0.717) is 6.42 Å². The zero-order valence-corrected chi connectivity index (χ0v) is 11.8. The molecule has 0 amide bonds. The Morgan fingerprint density at radius 3 is 1.94 bits per heavy atom. The quantitative estimate of drug-likeness (QED) is 0.775. The van der Waals surface area contributed by atoms with Gasteiger partial charge < -0.3 is 4.79 Å². The third-order valence-corrected chi connectivity index (χ3v) is 1.61. The number of carbonyl (C=O) groups excluding carboxylic acids is 2. The molecule has 0 aromatic heterocycles. The van der Waals surface area contributed by atoms with Gasteiger partial charge in [0.2, 0.25) is 0 Å². The summed E-state index contributed by atoms with van der Waals surface area (Å²) >= 11 is 0. The molecule has 0 aliphatic carbocycles. The second kappa shape index (κ2) is 11.6. The summed E-state index contributed by atoms with van der Waals surface area (Å²) in [5, 5.41) is 0. The zero-order valence-electron chi connectivity index (χ0n) is 9.37. The van der Waals surface area contributed by atoms with Crippen molar-refractivity contribution in [3.63, 3.8) is 0 Å². The van der Waals surface area contributed by atoms with Crippen LogP contribution in [0.1, 0.15) is 25.8 Å². The fourth-order valence-corrected chi connectivity index (χ4v) is 0.965. The van der Waals surface area contributed by atoms with Crippen LogP contribution in [-0.4, -0.2) is 11.8 Å². The SMILES string of the molecule is CC(=O)CCc1ccccc1.CC(=O)F.[Eu]. The van der Waals surface area contributed by atoms with E-state index in [4.69, 9.17) is 4.79 Å². The van der Waals surface area contributed by atoms with Crippen molar-refractivity contribution in [3.05, 3.63) is 35.9 Å². The van der Waals surface area contributed by atoms with Crippen LogP contribution in [0.3, 0.4) is 0 Å². The second-order valence-electron chi connectivity index (χ2n) is 3.16. The Bertz CT molecular complexity index is 308. The van der Waals surface area contributed by atoms with Gasteiger partial charge in [-0.2, -0.15) is 4.39 Å². The molecule has 1 radical (unpaired) electrons. The predicted molar refractivity (Wildman–Crippen MR) is 57.2 cm³/mol. The molecule has 1 rings (SSSR count). The van der Waals surface area contributed by atoms with Crippen molar-refractivity contribution in [2.75, 3.05) is 0 Å². The minimum atomic E-state index is -1.33. The fraction of sp³-hybridized carbons (Fsp3) is 0.333. The predicted octanol–water partition coefficient (Wildman–Crippen LogP) is 2.71. The van der Waals surface area contributed by atoms with E-state index in [1.807, 2.05) is 30.3 Å². The summed E-state index contributed by atoms with van der Waals surface area (Å²) in [6.45, 7) is 2.49. The summed E-state index contributed by atoms with van der Waals surface area (Å²) in [7, 11) is 0. The monoisotopic (exact) mass is 363 g/mol. The van der Waals surface area contributed by atoms with E-state index < -0.39 is 6.04 Å². The maximum absolute atomic E-state index is 10.6. The van der Waals surface area contributed by atoms with Crippen LogP contribution in [-0.2, 0) is 16.0 Å². The normalized spacial score (nSPS) is 8.19. The summed E-state index contributed by atoms with van der Waals surface area (Å²) in [5.41, 5.74) is 1.24. The van der Waals surface area contributed by atoms with Gasteiger partial charge in [0.05, 0.1) is 0 Å². The van der Waals surface area contributed by atoms with Gasteiger partial charge in [-0.1, -0.05) is 30.3 Å². The first-order chi connectivity index (χ1) is 7.02. The Hall–Kier alpha value is 0.0744. The Morgan fingerprint density at radius 2 is 1.56 bits per heavy atom. The van der Waals surface area contributed by atoms with Gasteiger partial charge >= 0.3 is 0 Å². The molecule has 0 fully saturated rings. The summed E-state index contributed by atoms with van der Waals surface area (Å²) in [5.74, 6) is 0.258. The van der Waals surface area contributed by atoms with Crippen molar-refractivity contribution >= 4 is 11.8 Å². The summed E-state index contributed by atoms with van der Waals surface area (Å²) in [6.07, 6.45) is 1.53.